The Morgan fingerprint density at radius 3 is 2.91 bits per heavy atom. The van der Waals surface area contributed by atoms with Gasteiger partial charge in [0.25, 0.3) is 11.5 Å². The Kier molecular flexibility index (Phi) is 4.13. The van der Waals surface area contributed by atoms with Crippen LogP contribution in [0.25, 0.3) is 10.8 Å². The number of fused-ring (bicyclic) bond motifs is 1. The SMILES string of the molecule is CCC[C@H](NC(=O)c1cc2ccccc2c(=O)[nH]1)c1nn[nH]n1. The third-order valence-electron chi connectivity index (χ3n) is 3.55. The lowest BCUT2D eigenvalue weighted by atomic mass is 10.1. The van der Waals surface area contributed by atoms with E-state index in [1.54, 1.807) is 24.3 Å². The Balaban J connectivity index is 1.89. The number of rotatable bonds is 5. The number of pyridine rings is 1. The van der Waals surface area contributed by atoms with E-state index in [0.29, 0.717) is 23.0 Å². The van der Waals surface area contributed by atoms with Gasteiger partial charge in [-0.1, -0.05) is 36.8 Å². The third kappa shape index (κ3) is 3.10. The molecule has 0 unspecified atom stereocenters. The lowest BCUT2D eigenvalue weighted by Crippen LogP contribution is -2.31. The van der Waals surface area contributed by atoms with Crippen molar-refractivity contribution in [2.75, 3.05) is 0 Å². The van der Waals surface area contributed by atoms with Gasteiger partial charge in [0.1, 0.15) is 5.69 Å². The zero-order chi connectivity index (χ0) is 16.2. The van der Waals surface area contributed by atoms with Crippen molar-refractivity contribution in [1.82, 2.24) is 30.9 Å². The minimum atomic E-state index is -0.379. The molecule has 3 rings (SSSR count). The molecule has 2 heterocycles. The standard InChI is InChI=1S/C15H16N6O2/c1-2-5-11(13-18-20-21-19-13)16-15(23)12-8-9-6-3-4-7-10(9)14(22)17-12/h3-4,6-8,11H,2,5H2,1H3,(H,16,23)(H,17,22)(H,18,19,20,21)/t11-/m0/s1. The zero-order valence-electron chi connectivity index (χ0n) is 12.5. The third-order valence-corrected chi connectivity index (χ3v) is 3.55. The van der Waals surface area contributed by atoms with E-state index in [2.05, 4.69) is 30.9 Å². The van der Waals surface area contributed by atoms with Crippen molar-refractivity contribution in [3.8, 4) is 0 Å². The molecule has 0 saturated heterocycles. The van der Waals surface area contributed by atoms with Crippen LogP contribution in [-0.2, 0) is 0 Å². The number of aromatic nitrogens is 5. The van der Waals surface area contributed by atoms with Gasteiger partial charge in [-0.25, -0.2) is 0 Å². The molecule has 0 aliphatic rings. The summed E-state index contributed by atoms with van der Waals surface area (Å²) in [5.41, 5.74) is -0.0850. The van der Waals surface area contributed by atoms with Crippen molar-refractivity contribution < 1.29 is 4.79 Å². The molecule has 0 aliphatic heterocycles. The Labute approximate surface area is 131 Å². The van der Waals surface area contributed by atoms with Crippen LogP contribution < -0.4 is 10.9 Å². The molecule has 0 fully saturated rings. The minimum absolute atomic E-state index is 0.207. The van der Waals surface area contributed by atoms with Crippen LogP contribution in [0, 0.1) is 0 Å². The molecule has 0 spiro atoms. The summed E-state index contributed by atoms with van der Waals surface area (Å²) in [5.74, 6) is 0.0411. The van der Waals surface area contributed by atoms with Gasteiger partial charge in [0.05, 0.1) is 6.04 Å². The maximum absolute atomic E-state index is 12.5. The molecule has 118 valence electrons. The van der Waals surface area contributed by atoms with Crippen LogP contribution in [-0.4, -0.2) is 31.5 Å². The average Bonchev–Trinajstić information content (AvgIpc) is 3.08. The normalized spacial score (nSPS) is 12.2. The fourth-order valence-corrected chi connectivity index (χ4v) is 2.44. The molecule has 1 atom stereocenters. The number of tetrazole rings is 1. The predicted octanol–water partition coefficient (Wildman–Crippen LogP) is 1.31. The average molecular weight is 312 g/mol. The maximum atomic E-state index is 12.5. The number of carbonyl (C=O) groups is 1. The molecule has 8 heteroatoms. The molecule has 0 bridgehead atoms. The summed E-state index contributed by atoms with van der Waals surface area (Å²) in [6, 6.07) is 8.42. The van der Waals surface area contributed by atoms with Crippen LogP contribution in [0.4, 0.5) is 0 Å². The number of carbonyl (C=O) groups excluding carboxylic acids is 1. The highest BCUT2D eigenvalue weighted by Gasteiger charge is 2.19. The van der Waals surface area contributed by atoms with Gasteiger partial charge in [-0.3, -0.25) is 9.59 Å². The van der Waals surface area contributed by atoms with Gasteiger partial charge < -0.3 is 10.3 Å². The number of amides is 1. The smallest absolute Gasteiger partial charge is 0.268 e. The minimum Gasteiger partial charge on any atom is -0.341 e. The van der Waals surface area contributed by atoms with Crippen molar-refractivity contribution in [3.63, 3.8) is 0 Å². The largest absolute Gasteiger partial charge is 0.341 e. The van der Waals surface area contributed by atoms with Gasteiger partial charge in [0, 0.05) is 5.39 Å². The lowest BCUT2D eigenvalue weighted by Gasteiger charge is -2.14. The second-order valence-electron chi connectivity index (χ2n) is 5.18. The summed E-state index contributed by atoms with van der Waals surface area (Å²) in [5, 5.41) is 17.8. The fourth-order valence-electron chi connectivity index (χ4n) is 2.44. The second-order valence-corrected chi connectivity index (χ2v) is 5.18. The number of benzene rings is 1. The second kappa shape index (κ2) is 6.39. The Morgan fingerprint density at radius 2 is 2.17 bits per heavy atom. The summed E-state index contributed by atoms with van der Waals surface area (Å²) in [7, 11) is 0. The number of nitrogens with zero attached hydrogens (tertiary/aromatic N) is 3. The molecular weight excluding hydrogens is 296 g/mol. The molecule has 1 amide bonds. The van der Waals surface area contributed by atoms with Gasteiger partial charge in [0.2, 0.25) is 0 Å². The summed E-state index contributed by atoms with van der Waals surface area (Å²) in [6.45, 7) is 2.00. The first kappa shape index (κ1) is 14.9. The fraction of sp³-hybridized carbons (Fsp3) is 0.267. The maximum Gasteiger partial charge on any atom is 0.268 e. The van der Waals surface area contributed by atoms with Crippen molar-refractivity contribution in [2.24, 2.45) is 0 Å². The Hall–Kier alpha value is -3.03. The highest BCUT2D eigenvalue weighted by atomic mass is 16.2. The van der Waals surface area contributed by atoms with Crippen LogP contribution in [0.5, 0.6) is 0 Å². The number of aromatic amines is 2. The molecule has 23 heavy (non-hydrogen) atoms. The van der Waals surface area contributed by atoms with E-state index < -0.39 is 0 Å². The first-order valence-corrected chi connectivity index (χ1v) is 7.35. The summed E-state index contributed by atoms with van der Waals surface area (Å²) in [4.78, 5) is 27.1. The monoisotopic (exact) mass is 312 g/mol. The van der Waals surface area contributed by atoms with Gasteiger partial charge in [-0.2, -0.15) is 5.21 Å². The van der Waals surface area contributed by atoms with Crippen LogP contribution in [0.2, 0.25) is 0 Å². The van der Waals surface area contributed by atoms with Gasteiger partial charge >= 0.3 is 0 Å². The number of hydrogen-bond donors (Lipinski definition) is 3. The first-order valence-electron chi connectivity index (χ1n) is 7.35. The number of H-pyrrole nitrogens is 2. The first-order chi connectivity index (χ1) is 11.2. The number of hydrogen-bond acceptors (Lipinski definition) is 5. The van der Waals surface area contributed by atoms with Gasteiger partial charge in [-0.05, 0) is 23.9 Å². The van der Waals surface area contributed by atoms with E-state index in [4.69, 9.17) is 0 Å². The quantitative estimate of drug-likeness (QED) is 0.657. The van der Waals surface area contributed by atoms with E-state index in [9.17, 15) is 9.59 Å². The molecule has 3 aromatic rings. The summed E-state index contributed by atoms with van der Waals surface area (Å²) < 4.78 is 0. The van der Waals surface area contributed by atoms with E-state index >= 15 is 0 Å². The van der Waals surface area contributed by atoms with Crippen LogP contribution in [0.3, 0.4) is 0 Å². The summed E-state index contributed by atoms with van der Waals surface area (Å²) in [6.07, 6.45) is 1.51. The van der Waals surface area contributed by atoms with Crippen molar-refractivity contribution in [1.29, 1.82) is 0 Å². The molecule has 3 N–H and O–H groups in total. The number of nitrogens with one attached hydrogen (secondary N) is 3. The molecule has 1 aromatic carbocycles. The molecule has 2 aromatic heterocycles. The van der Waals surface area contributed by atoms with Crippen molar-refractivity contribution in [2.45, 2.75) is 25.8 Å². The van der Waals surface area contributed by atoms with Crippen molar-refractivity contribution in [3.05, 3.63) is 52.2 Å². The molecule has 0 aliphatic carbocycles. The van der Waals surface area contributed by atoms with Gasteiger partial charge in [0.15, 0.2) is 5.82 Å². The highest BCUT2D eigenvalue weighted by molar-refractivity contribution is 5.96. The van der Waals surface area contributed by atoms with Crippen LogP contribution >= 0.6 is 0 Å². The highest BCUT2D eigenvalue weighted by Crippen LogP contribution is 2.15. The lowest BCUT2D eigenvalue weighted by molar-refractivity contribution is 0.0927. The Bertz CT molecular complexity index is 871. The molecule has 0 saturated carbocycles. The van der Waals surface area contributed by atoms with Crippen molar-refractivity contribution >= 4 is 16.7 Å². The van der Waals surface area contributed by atoms with E-state index in [-0.39, 0.29) is 23.2 Å². The van der Waals surface area contributed by atoms with Crippen LogP contribution in [0.15, 0.2) is 35.1 Å². The van der Waals surface area contributed by atoms with E-state index in [1.165, 1.54) is 0 Å². The summed E-state index contributed by atoms with van der Waals surface area (Å²) >= 11 is 0. The molecule has 0 radical (unpaired) electrons. The predicted molar refractivity (Wildman–Crippen MR) is 83.9 cm³/mol. The van der Waals surface area contributed by atoms with Gasteiger partial charge in [-0.15, -0.1) is 10.2 Å². The van der Waals surface area contributed by atoms with Crippen LogP contribution in [0.1, 0.15) is 42.1 Å². The topological polar surface area (TPSA) is 116 Å². The zero-order valence-corrected chi connectivity index (χ0v) is 12.5. The molecular formula is C15H16N6O2. The van der Waals surface area contributed by atoms with E-state index in [1.807, 2.05) is 13.0 Å². The van der Waals surface area contributed by atoms with E-state index in [0.717, 1.165) is 6.42 Å². The Morgan fingerprint density at radius 1 is 1.35 bits per heavy atom. The molecule has 8 nitrogen and oxygen atoms in total.